The number of amides is 1. The van der Waals surface area contributed by atoms with Gasteiger partial charge in [0.25, 0.3) is 11.7 Å². The highest BCUT2D eigenvalue weighted by atomic mass is 16.7. The number of hydrogen-bond donors (Lipinski definition) is 0. The molecule has 2 aliphatic rings. The Hall–Kier alpha value is -1.72. The molecule has 0 radical (unpaired) electrons. The van der Waals surface area contributed by atoms with E-state index in [0.29, 0.717) is 31.7 Å². The Kier molecular flexibility index (Phi) is 3.78. The highest BCUT2D eigenvalue weighted by molar-refractivity contribution is 6.52. The molecular formula is C16H19NO4. The maximum atomic E-state index is 12.2. The Balaban J connectivity index is 1.81. The molecule has 0 N–H and O–H groups in total. The van der Waals surface area contributed by atoms with Crippen molar-refractivity contribution in [2.75, 3.05) is 24.7 Å². The van der Waals surface area contributed by atoms with Crippen LogP contribution in [-0.4, -0.2) is 37.7 Å². The molecule has 0 spiro atoms. The molecule has 5 heteroatoms. The van der Waals surface area contributed by atoms with Crippen LogP contribution in [0.25, 0.3) is 0 Å². The number of ether oxygens (including phenoxy) is 2. The molecule has 2 aliphatic heterocycles. The summed E-state index contributed by atoms with van der Waals surface area (Å²) in [5, 5.41) is 0. The zero-order valence-electron chi connectivity index (χ0n) is 12.3. The zero-order chi connectivity index (χ0) is 15.0. The number of rotatable bonds is 3. The van der Waals surface area contributed by atoms with Gasteiger partial charge >= 0.3 is 0 Å². The summed E-state index contributed by atoms with van der Waals surface area (Å²) in [6, 6.07) is 3.63. The molecule has 1 aromatic rings. The van der Waals surface area contributed by atoms with Gasteiger partial charge in [0.05, 0.1) is 24.5 Å². The number of ketones is 1. The van der Waals surface area contributed by atoms with E-state index in [4.69, 9.17) is 9.47 Å². The smallest absolute Gasteiger partial charge is 0.299 e. The fourth-order valence-electron chi connectivity index (χ4n) is 2.82. The first-order valence-corrected chi connectivity index (χ1v) is 7.29. The first-order valence-electron chi connectivity index (χ1n) is 7.29. The van der Waals surface area contributed by atoms with Crippen molar-refractivity contribution in [3.63, 3.8) is 0 Å². The molecule has 0 bridgehead atoms. The lowest BCUT2D eigenvalue weighted by Gasteiger charge is -2.26. The van der Waals surface area contributed by atoms with Gasteiger partial charge in [-0.15, -0.1) is 0 Å². The normalized spacial score (nSPS) is 19.2. The lowest BCUT2D eigenvalue weighted by Crippen LogP contribution is -2.35. The zero-order valence-corrected chi connectivity index (χ0v) is 12.3. The SMILES string of the molecule is Cc1ccc2c(c1C)N(CCC1OCCCO1)C(=O)C2=O. The van der Waals surface area contributed by atoms with Gasteiger partial charge in [0.2, 0.25) is 0 Å². The molecule has 0 aromatic heterocycles. The van der Waals surface area contributed by atoms with Gasteiger partial charge in [0, 0.05) is 13.0 Å². The Bertz CT molecular complexity index is 590. The molecule has 0 aliphatic carbocycles. The van der Waals surface area contributed by atoms with Crippen LogP contribution < -0.4 is 4.90 Å². The summed E-state index contributed by atoms with van der Waals surface area (Å²) in [7, 11) is 0. The highest BCUT2D eigenvalue weighted by Crippen LogP contribution is 2.34. The van der Waals surface area contributed by atoms with Gasteiger partial charge in [0.15, 0.2) is 6.29 Å². The number of carbonyl (C=O) groups excluding carboxylic acids is 2. The molecule has 1 aromatic carbocycles. The third-order valence-electron chi connectivity index (χ3n) is 4.14. The summed E-state index contributed by atoms with van der Waals surface area (Å²) in [6.45, 7) is 5.74. The van der Waals surface area contributed by atoms with E-state index < -0.39 is 11.7 Å². The molecule has 3 rings (SSSR count). The molecule has 5 nitrogen and oxygen atoms in total. The molecule has 1 amide bonds. The Morgan fingerprint density at radius 1 is 1.19 bits per heavy atom. The fourth-order valence-corrected chi connectivity index (χ4v) is 2.82. The van der Waals surface area contributed by atoms with Gasteiger partial charge in [-0.1, -0.05) is 6.07 Å². The third kappa shape index (κ3) is 2.47. The topological polar surface area (TPSA) is 55.8 Å². The van der Waals surface area contributed by atoms with Crippen molar-refractivity contribution in [1.29, 1.82) is 0 Å². The number of benzene rings is 1. The maximum Gasteiger partial charge on any atom is 0.299 e. The van der Waals surface area contributed by atoms with Crippen LogP contribution in [0, 0.1) is 13.8 Å². The Morgan fingerprint density at radius 2 is 1.90 bits per heavy atom. The lowest BCUT2D eigenvalue weighted by atomic mass is 10.0. The summed E-state index contributed by atoms with van der Waals surface area (Å²) in [5.41, 5.74) is 3.32. The number of carbonyl (C=O) groups is 2. The van der Waals surface area contributed by atoms with Crippen LogP contribution in [0.4, 0.5) is 5.69 Å². The van der Waals surface area contributed by atoms with Gasteiger partial charge in [-0.05, 0) is 37.5 Å². The second-order valence-corrected chi connectivity index (χ2v) is 5.50. The molecule has 1 saturated heterocycles. The van der Waals surface area contributed by atoms with E-state index in [1.165, 1.54) is 0 Å². The van der Waals surface area contributed by atoms with Gasteiger partial charge in [-0.2, -0.15) is 0 Å². The number of aryl methyl sites for hydroxylation is 1. The van der Waals surface area contributed by atoms with E-state index in [0.717, 1.165) is 23.2 Å². The predicted octanol–water partition coefficient (Wildman–Crippen LogP) is 1.99. The van der Waals surface area contributed by atoms with E-state index in [2.05, 4.69) is 0 Å². The molecular weight excluding hydrogens is 270 g/mol. The maximum absolute atomic E-state index is 12.2. The van der Waals surface area contributed by atoms with Crippen molar-refractivity contribution < 1.29 is 19.1 Å². The first kappa shape index (κ1) is 14.2. The van der Waals surface area contributed by atoms with Crippen molar-refractivity contribution >= 4 is 17.4 Å². The molecule has 112 valence electrons. The molecule has 0 unspecified atom stereocenters. The number of anilines is 1. The molecule has 2 heterocycles. The Morgan fingerprint density at radius 3 is 2.62 bits per heavy atom. The summed E-state index contributed by atoms with van der Waals surface area (Å²) < 4.78 is 11.0. The number of fused-ring (bicyclic) bond motifs is 1. The average Bonchev–Trinajstić information content (AvgIpc) is 2.75. The van der Waals surface area contributed by atoms with Crippen molar-refractivity contribution in [3.8, 4) is 0 Å². The standard InChI is InChI=1S/C16H19NO4/c1-10-4-5-12-14(11(10)2)17(16(19)15(12)18)7-6-13-20-8-3-9-21-13/h4-5,13H,3,6-9H2,1-2H3. The average molecular weight is 289 g/mol. The second-order valence-electron chi connectivity index (χ2n) is 5.50. The minimum Gasteiger partial charge on any atom is -0.353 e. The molecule has 0 saturated carbocycles. The third-order valence-corrected chi connectivity index (χ3v) is 4.14. The number of hydrogen-bond acceptors (Lipinski definition) is 4. The summed E-state index contributed by atoms with van der Waals surface area (Å²) in [4.78, 5) is 25.8. The van der Waals surface area contributed by atoms with Gasteiger partial charge in [-0.25, -0.2) is 0 Å². The van der Waals surface area contributed by atoms with E-state index in [-0.39, 0.29) is 6.29 Å². The van der Waals surface area contributed by atoms with Crippen LogP contribution in [0.2, 0.25) is 0 Å². The summed E-state index contributed by atoms with van der Waals surface area (Å²) in [5.74, 6) is -0.868. The summed E-state index contributed by atoms with van der Waals surface area (Å²) in [6.07, 6.45) is 1.20. The first-order chi connectivity index (χ1) is 10.1. The number of Topliss-reactive ketones (excluding diaryl/α,β-unsaturated/α-hetero) is 1. The van der Waals surface area contributed by atoms with E-state index in [9.17, 15) is 9.59 Å². The van der Waals surface area contributed by atoms with E-state index in [1.807, 2.05) is 19.9 Å². The minimum atomic E-state index is -0.450. The van der Waals surface area contributed by atoms with E-state index >= 15 is 0 Å². The van der Waals surface area contributed by atoms with Crippen LogP contribution >= 0.6 is 0 Å². The van der Waals surface area contributed by atoms with Gasteiger partial charge < -0.3 is 14.4 Å². The van der Waals surface area contributed by atoms with Crippen molar-refractivity contribution in [3.05, 3.63) is 28.8 Å². The monoisotopic (exact) mass is 289 g/mol. The van der Waals surface area contributed by atoms with Crippen LogP contribution in [0.5, 0.6) is 0 Å². The van der Waals surface area contributed by atoms with Crippen LogP contribution in [-0.2, 0) is 14.3 Å². The Labute approximate surface area is 123 Å². The van der Waals surface area contributed by atoms with E-state index in [1.54, 1.807) is 11.0 Å². The minimum absolute atomic E-state index is 0.282. The van der Waals surface area contributed by atoms with Crippen LogP contribution in [0.1, 0.15) is 34.3 Å². The van der Waals surface area contributed by atoms with Crippen molar-refractivity contribution in [2.24, 2.45) is 0 Å². The van der Waals surface area contributed by atoms with Crippen LogP contribution in [0.3, 0.4) is 0 Å². The molecule has 21 heavy (non-hydrogen) atoms. The van der Waals surface area contributed by atoms with Crippen LogP contribution in [0.15, 0.2) is 12.1 Å². The summed E-state index contributed by atoms with van der Waals surface area (Å²) >= 11 is 0. The van der Waals surface area contributed by atoms with Crippen molar-refractivity contribution in [2.45, 2.75) is 33.0 Å². The fraction of sp³-hybridized carbons (Fsp3) is 0.500. The van der Waals surface area contributed by atoms with Gasteiger partial charge in [0.1, 0.15) is 0 Å². The highest BCUT2D eigenvalue weighted by Gasteiger charge is 2.37. The molecule has 1 fully saturated rings. The quantitative estimate of drug-likeness (QED) is 0.799. The number of nitrogens with zero attached hydrogens (tertiary/aromatic N) is 1. The van der Waals surface area contributed by atoms with Gasteiger partial charge in [-0.3, -0.25) is 9.59 Å². The van der Waals surface area contributed by atoms with Crippen molar-refractivity contribution in [1.82, 2.24) is 0 Å². The molecule has 0 atom stereocenters. The predicted molar refractivity (Wildman–Crippen MR) is 77.5 cm³/mol. The second kappa shape index (κ2) is 5.58. The lowest BCUT2D eigenvalue weighted by molar-refractivity contribution is -0.179. The largest absolute Gasteiger partial charge is 0.353 e.